The van der Waals surface area contributed by atoms with Gasteiger partial charge in [0.2, 0.25) is 0 Å². The molecule has 4 heteroatoms. The first-order valence-electron chi connectivity index (χ1n) is 12.7. The van der Waals surface area contributed by atoms with Crippen LogP contribution in [0.5, 0.6) is 5.75 Å². The molecular formula is C28H41N3O. The maximum atomic E-state index is 6.21. The maximum Gasteiger partial charge on any atom is 0.122 e. The first-order valence-corrected chi connectivity index (χ1v) is 12.7. The zero-order valence-electron chi connectivity index (χ0n) is 20.2. The van der Waals surface area contributed by atoms with Gasteiger partial charge in [0.1, 0.15) is 5.75 Å². The minimum atomic E-state index is 0.790. The van der Waals surface area contributed by atoms with Gasteiger partial charge in [-0.2, -0.15) is 0 Å². The summed E-state index contributed by atoms with van der Waals surface area (Å²) in [5, 5.41) is 3.69. The van der Waals surface area contributed by atoms with E-state index < -0.39 is 0 Å². The van der Waals surface area contributed by atoms with E-state index in [0.29, 0.717) is 0 Å². The topological polar surface area (TPSA) is 27.7 Å². The Morgan fingerprint density at radius 1 is 0.750 bits per heavy atom. The number of ether oxygens (including phenoxy) is 1. The molecule has 0 aliphatic carbocycles. The average Bonchev–Trinajstić information content (AvgIpc) is 3.51. The van der Waals surface area contributed by atoms with Crippen LogP contribution in [0.25, 0.3) is 11.1 Å². The summed E-state index contributed by atoms with van der Waals surface area (Å²) < 4.78 is 6.21. The maximum absolute atomic E-state index is 6.21. The summed E-state index contributed by atoms with van der Waals surface area (Å²) in [5.74, 6) is 1.02. The summed E-state index contributed by atoms with van der Waals surface area (Å²) in [4.78, 5) is 5.14. The Bertz CT molecular complexity index is 782. The fourth-order valence-electron chi connectivity index (χ4n) is 5.19. The number of hydrogen-bond acceptors (Lipinski definition) is 4. The van der Waals surface area contributed by atoms with Crippen molar-refractivity contribution in [2.45, 2.75) is 52.4 Å². The van der Waals surface area contributed by atoms with Gasteiger partial charge >= 0.3 is 0 Å². The van der Waals surface area contributed by atoms with Crippen molar-refractivity contribution < 1.29 is 4.74 Å². The van der Waals surface area contributed by atoms with Gasteiger partial charge in [0.15, 0.2) is 0 Å². The first-order chi connectivity index (χ1) is 15.7. The lowest BCUT2D eigenvalue weighted by molar-refractivity contribution is 0.262. The van der Waals surface area contributed by atoms with E-state index in [-0.39, 0.29) is 0 Å². The third kappa shape index (κ3) is 6.05. The van der Waals surface area contributed by atoms with Gasteiger partial charge in [-0.3, -0.25) is 0 Å². The van der Waals surface area contributed by atoms with Crippen molar-refractivity contribution in [3.8, 4) is 16.9 Å². The van der Waals surface area contributed by atoms with Crippen LogP contribution in [0.2, 0.25) is 0 Å². The Morgan fingerprint density at radius 3 is 2.03 bits per heavy atom. The molecule has 4 nitrogen and oxygen atoms in total. The molecule has 2 saturated heterocycles. The molecule has 0 amide bonds. The van der Waals surface area contributed by atoms with E-state index in [4.69, 9.17) is 4.74 Å². The molecule has 0 radical (unpaired) electrons. The van der Waals surface area contributed by atoms with Crippen LogP contribution >= 0.6 is 0 Å². The molecule has 2 aromatic rings. The van der Waals surface area contributed by atoms with Crippen LogP contribution in [0, 0.1) is 13.8 Å². The molecule has 0 unspecified atom stereocenters. The zero-order valence-corrected chi connectivity index (χ0v) is 20.2. The van der Waals surface area contributed by atoms with Gasteiger partial charge in [-0.15, -0.1) is 0 Å². The van der Waals surface area contributed by atoms with Crippen molar-refractivity contribution in [2.24, 2.45) is 0 Å². The SMILES string of the molecule is Cc1c(NCCCN2CCCC2)cccc1-c1cccc(OCCCN2CCCC2)c1C. The van der Waals surface area contributed by atoms with Crippen molar-refractivity contribution in [2.75, 3.05) is 57.7 Å². The molecule has 2 aliphatic heterocycles. The van der Waals surface area contributed by atoms with Crippen molar-refractivity contribution in [3.05, 3.63) is 47.5 Å². The molecule has 0 saturated carbocycles. The summed E-state index contributed by atoms with van der Waals surface area (Å²) >= 11 is 0. The van der Waals surface area contributed by atoms with Gasteiger partial charge in [0.25, 0.3) is 0 Å². The summed E-state index contributed by atoms with van der Waals surface area (Å²) in [6, 6.07) is 13.1. The summed E-state index contributed by atoms with van der Waals surface area (Å²) in [6.45, 7) is 13.7. The number of nitrogens with zero attached hydrogens (tertiary/aromatic N) is 2. The number of rotatable bonds is 11. The lowest BCUT2D eigenvalue weighted by Crippen LogP contribution is -2.22. The lowest BCUT2D eigenvalue weighted by Gasteiger charge is -2.18. The van der Waals surface area contributed by atoms with E-state index >= 15 is 0 Å². The van der Waals surface area contributed by atoms with Gasteiger partial charge in [0, 0.05) is 18.8 Å². The quantitative estimate of drug-likeness (QED) is 0.456. The molecule has 174 valence electrons. The smallest absolute Gasteiger partial charge is 0.122 e. The van der Waals surface area contributed by atoms with E-state index in [1.54, 1.807) is 0 Å². The van der Waals surface area contributed by atoms with Gasteiger partial charge in [-0.25, -0.2) is 0 Å². The monoisotopic (exact) mass is 435 g/mol. The second-order valence-corrected chi connectivity index (χ2v) is 9.49. The summed E-state index contributed by atoms with van der Waals surface area (Å²) in [7, 11) is 0. The third-order valence-electron chi connectivity index (χ3n) is 7.15. The minimum Gasteiger partial charge on any atom is -0.493 e. The highest BCUT2D eigenvalue weighted by molar-refractivity contribution is 5.77. The van der Waals surface area contributed by atoms with Crippen LogP contribution < -0.4 is 10.1 Å². The molecular weight excluding hydrogens is 394 g/mol. The molecule has 2 heterocycles. The molecule has 1 N–H and O–H groups in total. The van der Waals surface area contributed by atoms with Crippen LogP contribution in [0.15, 0.2) is 36.4 Å². The molecule has 4 rings (SSSR count). The second-order valence-electron chi connectivity index (χ2n) is 9.49. The van der Waals surface area contributed by atoms with E-state index in [0.717, 1.165) is 31.9 Å². The first kappa shape index (κ1) is 23.1. The van der Waals surface area contributed by atoms with E-state index in [1.165, 1.54) is 92.8 Å². The average molecular weight is 436 g/mol. The summed E-state index contributed by atoms with van der Waals surface area (Å²) in [6.07, 6.45) is 7.74. The summed E-state index contributed by atoms with van der Waals surface area (Å²) in [5.41, 5.74) is 6.39. The van der Waals surface area contributed by atoms with Gasteiger partial charge in [0.05, 0.1) is 6.61 Å². The Hall–Kier alpha value is -2.04. The Morgan fingerprint density at radius 2 is 1.34 bits per heavy atom. The van der Waals surface area contributed by atoms with Crippen LogP contribution in [0.1, 0.15) is 49.7 Å². The number of likely N-dealkylation sites (tertiary alicyclic amines) is 2. The number of nitrogens with one attached hydrogen (secondary N) is 1. The van der Waals surface area contributed by atoms with Crippen molar-refractivity contribution >= 4 is 5.69 Å². The van der Waals surface area contributed by atoms with E-state index in [1.807, 2.05) is 0 Å². The molecule has 32 heavy (non-hydrogen) atoms. The van der Waals surface area contributed by atoms with Gasteiger partial charge < -0.3 is 19.9 Å². The van der Waals surface area contributed by atoms with Crippen LogP contribution in [-0.4, -0.2) is 62.2 Å². The second kappa shape index (κ2) is 11.7. The normalized spacial score (nSPS) is 17.2. The predicted octanol–water partition coefficient (Wildman–Crippen LogP) is 5.73. The lowest BCUT2D eigenvalue weighted by atomic mass is 9.95. The predicted molar refractivity (Wildman–Crippen MR) is 136 cm³/mol. The van der Waals surface area contributed by atoms with Crippen LogP contribution in [0.4, 0.5) is 5.69 Å². The van der Waals surface area contributed by atoms with Crippen molar-refractivity contribution in [1.29, 1.82) is 0 Å². The highest BCUT2D eigenvalue weighted by Crippen LogP contribution is 2.34. The number of hydrogen-bond donors (Lipinski definition) is 1. The van der Waals surface area contributed by atoms with Gasteiger partial charge in [-0.1, -0.05) is 24.3 Å². The third-order valence-corrected chi connectivity index (χ3v) is 7.15. The van der Waals surface area contributed by atoms with Crippen molar-refractivity contribution in [1.82, 2.24) is 9.80 Å². The fraction of sp³-hybridized carbons (Fsp3) is 0.571. The number of anilines is 1. The molecule has 2 aliphatic rings. The highest BCUT2D eigenvalue weighted by atomic mass is 16.5. The van der Waals surface area contributed by atoms with Crippen molar-refractivity contribution in [3.63, 3.8) is 0 Å². The van der Waals surface area contributed by atoms with Crippen LogP contribution in [-0.2, 0) is 0 Å². The largest absolute Gasteiger partial charge is 0.493 e. The van der Waals surface area contributed by atoms with E-state index in [9.17, 15) is 0 Å². The minimum absolute atomic E-state index is 0.790. The molecule has 2 aromatic carbocycles. The highest BCUT2D eigenvalue weighted by Gasteiger charge is 2.14. The van der Waals surface area contributed by atoms with Crippen LogP contribution in [0.3, 0.4) is 0 Å². The fourth-order valence-corrected chi connectivity index (χ4v) is 5.19. The Labute approximate surface area is 194 Å². The molecule has 0 atom stereocenters. The Balaban J connectivity index is 1.34. The standard InChI is InChI=1S/C28H41N3O/c1-23-25(11-7-13-27(23)29-15-9-20-30-16-3-4-17-30)26-12-8-14-28(24(26)2)32-22-10-21-31-18-5-6-19-31/h7-8,11-14,29H,3-6,9-10,15-22H2,1-2H3. The number of benzene rings is 2. The molecule has 0 bridgehead atoms. The van der Waals surface area contributed by atoms with Gasteiger partial charge in [-0.05, 0) is 119 Å². The Kier molecular flexibility index (Phi) is 8.47. The van der Waals surface area contributed by atoms with E-state index in [2.05, 4.69) is 65.4 Å². The zero-order chi connectivity index (χ0) is 22.2. The molecule has 0 aromatic heterocycles. The molecule has 0 spiro atoms. The molecule has 2 fully saturated rings.